The van der Waals surface area contributed by atoms with E-state index in [1.807, 2.05) is 24.6 Å². The van der Waals surface area contributed by atoms with E-state index in [0.29, 0.717) is 5.82 Å². The van der Waals surface area contributed by atoms with Crippen LogP contribution in [0.25, 0.3) is 0 Å². The lowest BCUT2D eigenvalue weighted by molar-refractivity contribution is 0.0998. The molecule has 0 spiro atoms. The number of aromatic nitrogens is 2. The van der Waals surface area contributed by atoms with Crippen molar-refractivity contribution in [2.75, 3.05) is 12.4 Å². The van der Waals surface area contributed by atoms with E-state index in [4.69, 9.17) is 0 Å². The van der Waals surface area contributed by atoms with Gasteiger partial charge in [-0.3, -0.25) is 4.79 Å². The minimum absolute atomic E-state index is 0.00444. The molecule has 0 unspecified atom stereocenters. The lowest BCUT2D eigenvalue weighted by Gasteiger charge is -2.08. The zero-order valence-corrected chi connectivity index (χ0v) is 8.46. The molecule has 0 fully saturated rings. The Morgan fingerprint density at radius 1 is 1.62 bits per heavy atom. The van der Waals surface area contributed by atoms with Crippen LogP contribution in [0.3, 0.4) is 0 Å². The van der Waals surface area contributed by atoms with Gasteiger partial charge in [0.2, 0.25) is 0 Å². The SMILES string of the molecule is CNc1cn(C(C)C)c(C(C)=O)n1. The second-order valence-corrected chi connectivity index (χ2v) is 3.26. The summed E-state index contributed by atoms with van der Waals surface area (Å²) in [5.74, 6) is 1.24. The Balaban J connectivity index is 3.15. The number of carbonyl (C=O) groups is 1. The molecule has 4 nitrogen and oxygen atoms in total. The number of nitrogens with one attached hydrogen (secondary N) is 1. The number of Topliss-reactive ketones (excluding diaryl/α,β-unsaturated/α-hetero) is 1. The molecule has 13 heavy (non-hydrogen) atoms. The van der Waals surface area contributed by atoms with Crippen LogP contribution in [0.2, 0.25) is 0 Å². The average Bonchev–Trinajstić information content (AvgIpc) is 2.47. The van der Waals surface area contributed by atoms with Crippen molar-refractivity contribution in [1.82, 2.24) is 9.55 Å². The number of nitrogens with zero attached hydrogens (tertiary/aromatic N) is 2. The molecule has 1 aromatic rings. The maximum absolute atomic E-state index is 11.2. The van der Waals surface area contributed by atoms with Crippen molar-refractivity contribution in [1.29, 1.82) is 0 Å². The first-order chi connectivity index (χ1) is 6.06. The third-order valence-corrected chi connectivity index (χ3v) is 1.86. The van der Waals surface area contributed by atoms with E-state index < -0.39 is 0 Å². The number of rotatable bonds is 3. The quantitative estimate of drug-likeness (QED) is 0.722. The second-order valence-electron chi connectivity index (χ2n) is 3.26. The van der Waals surface area contributed by atoms with Gasteiger partial charge in [0.25, 0.3) is 0 Å². The Labute approximate surface area is 78.0 Å². The van der Waals surface area contributed by atoms with E-state index in [1.165, 1.54) is 6.92 Å². The fourth-order valence-corrected chi connectivity index (χ4v) is 1.17. The summed E-state index contributed by atoms with van der Waals surface area (Å²) in [5, 5.41) is 2.91. The van der Waals surface area contributed by atoms with Crippen LogP contribution in [-0.2, 0) is 0 Å². The van der Waals surface area contributed by atoms with Gasteiger partial charge in [0, 0.05) is 26.2 Å². The molecule has 0 amide bonds. The summed E-state index contributed by atoms with van der Waals surface area (Å²) in [6, 6.07) is 0.258. The summed E-state index contributed by atoms with van der Waals surface area (Å²) < 4.78 is 1.87. The lowest BCUT2D eigenvalue weighted by Crippen LogP contribution is -2.08. The fourth-order valence-electron chi connectivity index (χ4n) is 1.17. The summed E-state index contributed by atoms with van der Waals surface area (Å²) in [6.45, 7) is 5.57. The summed E-state index contributed by atoms with van der Waals surface area (Å²) >= 11 is 0. The summed E-state index contributed by atoms with van der Waals surface area (Å²) in [5.41, 5.74) is 0. The molecular formula is C9H15N3O. The molecule has 0 saturated heterocycles. The van der Waals surface area contributed by atoms with E-state index in [9.17, 15) is 4.79 Å². The van der Waals surface area contributed by atoms with E-state index in [1.54, 1.807) is 7.05 Å². The van der Waals surface area contributed by atoms with Crippen molar-refractivity contribution >= 4 is 11.6 Å². The Morgan fingerprint density at radius 3 is 2.54 bits per heavy atom. The van der Waals surface area contributed by atoms with Crippen LogP contribution in [0.15, 0.2) is 6.20 Å². The van der Waals surface area contributed by atoms with Gasteiger partial charge in [-0.25, -0.2) is 4.98 Å². The lowest BCUT2D eigenvalue weighted by atomic mass is 10.3. The Hall–Kier alpha value is -1.32. The third-order valence-electron chi connectivity index (χ3n) is 1.86. The highest BCUT2D eigenvalue weighted by atomic mass is 16.1. The van der Waals surface area contributed by atoms with Gasteiger partial charge in [-0.15, -0.1) is 0 Å². The highest BCUT2D eigenvalue weighted by Crippen LogP contribution is 2.14. The summed E-state index contributed by atoms with van der Waals surface area (Å²) in [7, 11) is 1.79. The van der Waals surface area contributed by atoms with Crippen molar-refractivity contribution < 1.29 is 4.79 Å². The molecule has 4 heteroatoms. The van der Waals surface area contributed by atoms with Gasteiger partial charge in [0.15, 0.2) is 11.6 Å². The number of hydrogen-bond acceptors (Lipinski definition) is 3. The Bertz CT molecular complexity index is 315. The van der Waals surface area contributed by atoms with Crippen LogP contribution in [-0.4, -0.2) is 22.4 Å². The van der Waals surface area contributed by atoms with Crippen molar-refractivity contribution in [2.45, 2.75) is 26.8 Å². The normalized spacial score (nSPS) is 10.5. The van der Waals surface area contributed by atoms with Gasteiger partial charge in [0.05, 0.1) is 0 Å². The fraction of sp³-hybridized carbons (Fsp3) is 0.556. The van der Waals surface area contributed by atoms with Crippen molar-refractivity contribution in [3.05, 3.63) is 12.0 Å². The molecule has 0 aromatic carbocycles. The average molecular weight is 181 g/mol. The highest BCUT2D eigenvalue weighted by Gasteiger charge is 2.12. The molecule has 1 N–H and O–H groups in total. The van der Waals surface area contributed by atoms with Crippen LogP contribution in [0, 0.1) is 0 Å². The van der Waals surface area contributed by atoms with Crippen LogP contribution in [0.5, 0.6) is 0 Å². The van der Waals surface area contributed by atoms with Gasteiger partial charge in [-0.1, -0.05) is 0 Å². The van der Waals surface area contributed by atoms with Gasteiger partial charge >= 0.3 is 0 Å². The second kappa shape index (κ2) is 3.60. The van der Waals surface area contributed by atoms with E-state index in [-0.39, 0.29) is 11.8 Å². The van der Waals surface area contributed by atoms with Gasteiger partial charge in [-0.05, 0) is 13.8 Å². The maximum atomic E-state index is 11.2. The van der Waals surface area contributed by atoms with Crippen LogP contribution >= 0.6 is 0 Å². The molecular weight excluding hydrogens is 166 g/mol. The van der Waals surface area contributed by atoms with Gasteiger partial charge < -0.3 is 9.88 Å². The third kappa shape index (κ3) is 1.88. The molecule has 0 bridgehead atoms. The van der Waals surface area contributed by atoms with Crippen LogP contribution in [0.1, 0.15) is 37.4 Å². The standard InChI is InChI=1S/C9H15N3O/c1-6(2)12-5-8(10-4)11-9(12)7(3)13/h5-6,10H,1-4H3. The number of hydrogen-bond donors (Lipinski definition) is 1. The van der Waals surface area contributed by atoms with E-state index in [0.717, 1.165) is 5.82 Å². The predicted octanol–water partition coefficient (Wildman–Crippen LogP) is 1.71. The Morgan fingerprint density at radius 2 is 2.23 bits per heavy atom. The smallest absolute Gasteiger partial charge is 0.195 e. The van der Waals surface area contributed by atoms with E-state index in [2.05, 4.69) is 10.3 Å². The molecule has 0 atom stereocenters. The molecule has 72 valence electrons. The summed E-state index contributed by atoms with van der Waals surface area (Å²) in [4.78, 5) is 15.3. The minimum atomic E-state index is -0.00444. The number of carbonyl (C=O) groups excluding carboxylic acids is 1. The van der Waals surface area contributed by atoms with Crippen molar-refractivity contribution in [3.63, 3.8) is 0 Å². The largest absolute Gasteiger partial charge is 0.372 e. The Kier molecular flexibility index (Phi) is 2.70. The summed E-state index contributed by atoms with van der Waals surface area (Å²) in [6.07, 6.45) is 1.85. The van der Waals surface area contributed by atoms with Crippen molar-refractivity contribution in [2.24, 2.45) is 0 Å². The maximum Gasteiger partial charge on any atom is 0.195 e. The molecule has 0 radical (unpaired) electrons. The topological polar surface area (TPSA) is 46.9 Å². The number of imidazole rings is 1. The molecule has 0 aliphatic carbocycles. The molecule has 0 saturated carbocycles. The number of ketones is 1. The monoisotopic (exact) mass is 181 g/mol. The molecule has 1 heterocycles. The van der Waals surface area contributed by atoms with Crippen LogP contribution < -0.4 is 5.32 Å². The molecule has 1 rings (SSSR count). The first-order valence-electron chi connectivity index (χ1n) is 4.33. The first-order valence-corrected chi connectivity index (χ1v) is 4.33. The predicted molar refractivity (Wildman–Crippen MR) is 52.2 cm³/mol. The zero-order valence-electron chi connectivity index (χ0n) is 8.46. The van der Waals surface area contributed by atoms with E-state index >= 15 is 0 Å². The zero-order chi connectivity index (χ0) is 10.0. The van der Waals surface area contributed by atoms with Crippen molar-refractivity contribution in [3.8, 4) is 0 Å². The van der Waals surface area contributed by atoms with Gasteiger partial charge in [-0.2, -0.15) is 0 Å². The molecule has 0 aliphatic rings. The molecule has 1 aromatic heterocycles. The first kappa shape index (κ1) is 9.77. The molecule has 0 aliphatic heterocycles. The number of anilines is 1. The highest BCUT2D eigenvalue weighted by molar-refractivity contribution is 5.91. The van der Waals surface area contributed by atoms with Gasteiger partial charge in [0.1, 0.15) is 5.82 Å². The van der Waals surface area contributed by atoms with Crippen LogP contribution in [0.4, 0.5) is 5.82 Å². The minimum Gasteiger partial charge on any atom is -0.372 e.